The van der Waals surface area contributed by atoms with Gasteiger partial charge in [0.25, 0.3) is 5.91 Å². The normalized spacial score (nSPS) is 17.6. The molecule has 0 spiro atoms. The Balaban J connectivity index is 1.85. The molecule has 0 saturated carbocycles. The standard InChI is InChI=1S/C17H13ClN2O2S/c1-22-12-6-4-5-11(9-12)10-15-16(21)20-17(23-15)19-14-8-3-2-7-13(14)18/h2-10H,1H3,(H,19,20,21)/b15-10-. The second kappa shape index (κ2) is 6.89. The second-order valence-electron chi connectivity index (χ2n) is 4.71. The number of nitrogens with zero attached hydrogens (tertiary/aromatic N) is 1. The van der Waals surface area contributed by atoms with Gasteiger partial charge in [-0.2, -0.15) is 0 Å². The van der Waals surface area contributed by atoms with E-state index in [0.717, 1.165) is 11.3 Å². The summed E-state index contributed by atoms with van der Waals surface area (Å²) in [6.45, 7) is 0. The summed E-state index contributed by atoms with van der Waals surface area (Å²) in [6.07, 6.45) is 1.80. The number of hydrogen-bond acceptors (Lipinski definition) is 4. The maximum Gasteiger partial charge on any atom is 0.264 e. The summed E-state index contributed by atoms with van der Waals surface area (Å²) in [5.74, 6) is 0.566. The first-order valence-electron chi connectivity index (χ1n) is 6.84. The Morgan fingerprint density at radius 1 is 1.22 bits per heavy atom. The SMILES string of the molecule is COc1cccc(/C=C2\SC(=Nc3ccccc3Cl)NC2=O)c1. The number of aliphatic imine (C=N–C) groups is 1. The second-order valence-corrected chi connectivity index (χ2v) is 6.15. The van der Waals surface area contributed by atoms with Crippen LogP contribution in [-0.2, 0) is 4.79 Å². The summed E-state index contributed by atoms with van der Waals surface area (Å²) in [7, 11) is 1.61. The van der Waals surface area contributed by atoms with Crippen molar-refractivity contribution in [2.75, 3.05) is 7.11 Å². The summed E-state index contributed by atoms with van der Waals surface area (Å²) < 4.78 is 5.18. The van der Waals surface area contributed by atoms with E-state index < -0.39 is 0 Å². The Morgan fingerprint density at radius 2 is 2.04 bits per heavy atom. The highest BCUT2D eigenvalue weighted by molar-refractivity contribution is 8.18. The van der Waals surface area contributed by atoms with E-state index in [9.17, 15) is 4.79 Å². The van der Waals surface area contributed by atoms with Crippen molar-refractivity contribution in [3.63, 3.8) is 0 Å². The number of methoxy groups -OCH3 is 1. The van der Waals surface area contributed by atoms with E-state index in [-0.39, 0.29) is 5.91 Å². The number of halogens is 1. The lowest BCUT2D eigenvalue weighted by Gasteiger charge is -2.00. The molecule has 0 aliphatic carbocycles. The zero-order chi connectivity index (χ0) is 16.2. The van der Waals surface area contributed by atoms with Crippen LogP contribution >= 0.6 is 23.4 Å². The lowest BCUT2D eigenvalue weighted by Crippen LogP contribution is -2.19. The predicted octanol–water partition coefficient (Wildman–Crippen LogP) is 4.24. The van der Waals surface area contributed by atoms with Crippen molar-refractivity contribution < 1.29 is 9.53 Å². The van der Waals surface area contributed by atoms with Crippen LogP contribution < -0.4 is 10.1 Å². The Kier molecular flexibility index (Phi) is 4.69. The number of thioether (sulfide) groups is 1. The zero-order valence-electron chi connectivity index (χ0n) is 12.2. The molecule has 1 N–H and O–H groups in total. The maximum absolute atomic E-state index is 12.1. The molecule has 1 saturated heterocycles. The summed E-state index contributed by atoms with van der Waals surface area (Å²) in [5, 5.41) is 3.80. The largest absolute Gasteiger partial charge is 0.497 e. The van der Waals surface area contributed by atoms with Crippen molar-refractivity contribution >= 4 is 46.2 Å². The van der Waals surface area contributed by atoms with Gasteiger partial charge in [-0.15, -0.1) is 0 Å². The molecule has 6 heteroatoms. The molecule has 1 heterocycles. The first kappa shape index (κ1) is 15.6. The highest BCUT2D eigenvalue weighted by atomic mass is 35.5. The smallest absolute Gasteiger partial charge is 0.264 e. The van der Waals surface area contributed by atoms with Crippen molar-refractivity contribution in [2.45, 2.75) is 0 Å². The molecule has 116 valence electrons. The van der Waals surface area contributed by atoms with Crippen molar-refractivity contribution in [3.05, 3.63) is 64.0 Å². The summed E-state index contributed by atoms with van der Waals surface area (Å²) in [5.41, 5.74) is 1.51. The van der Waals surface area contributed by atoms with Crippen LogP contribution in [0.15, 0.2) is 58.4 Å². The van der Waals surface area contributed by atoms with Gasteiger partial charge in [-0.05, 0) is 47.7 Å². The van der Waals surface area contributed by atoms with E-state index in [2.05, 4.69) is 10.3 Å². The molecule has 3 rings (SSSR count). The van der Waals surface area contributed by atoms with E-state index in [1.165, 1.54) is 11.8 Å². The average molecular weight is 345 g/mol. The highest BCUT2D eigenvalue weighted by Gasteiger charge is 2.24. The summed E-state index contributed by atoms with van der Waals surface area (Å²) in [6, 6.07) is 14.7. The molecular formula is C17H13ClN2O2S. The number of amides is 1. The lowest BCUT2D eigenvalue weighted by molar-refractivity contribution is -0.115. The van der Waals surface area contributed by atoms with Gasteiger partial charge < -0.3 is 10.1 Å². The quantitative estimate of drug-likeness (QED) is 0.847. The van der Waals surface area contributed by atoms with Crippen LogP contribution in [0, 0.1) is 0 Å². The van der Waals surface area contributed by atoms with Crippen LogP contribution in [0.4, 0.5) is 5.69 Å². The molecule has 0 radical (unpaired) electrons. The molecule has 2 aromatic rings. The molecule has 4 nitrogen and oxygen atoms in total. The van der Waals surface area contributed by atoms with Gasteiger partial charge in [0.1, 0.15) is 5.75 Å². The first-order chi connectivity index (χ1) is 11.2. The number of benzene rings is 2. The van der Waals surface area contributed by atoms with E-state index in [0.29, 0.717) is 20.8 Å². The van der Waals surface area contributed by atoms with Gasteiger partial charge in [-0.25, -0.2) is 4.99 Å². The summed E-state index contributed by atoms with van der Waals surface area (Å²) >= 11 is 7.36. The van der Waals surface area contributed by atoms with Crippen LogP contribution in [0.2, 0.25) is 5.02 Å². The Hall–Kier alpha value is -2.24. The Labute approximate surface area is 143 Å². The first-order valence-corrected chi connectivity index (χ1v) is 8.03. The summed E-state index contributed by atoms with van der Waals surface area (Å²) in [4.78, 5) is 17.0. The zero-order valence-corrected chi connectivity index (χ0v) is 13.8. The molecular weight excluding hydrogens is 332 g/mol. The number of hydrogen-bond donors (Lipinski definition) is 1. The monoisotopic (exact) mass is 344 g/mol. The van der Waals surface area contributed by atoms with Crippen LogP contribution in [0.1, 0.15) is 5.56 Å². The van der Waals surface area contributed by atoms with E-state index in [1.807, 2.05) is 36.4 Å². The van der Waals surface area contributed by atoms with Crippen LogP contribution in [0.25, 0.3) is 6.08 Å². The third kappa shape index (κ3) is 3.75. The van der Waals surface area contributed by atoms with Gasteiger partial charge >= 0.3 is 0 Å². The van der Waals surface area contributed by atoms with Crippen molar-refractivity contribution in [1.29, 1.82) is 0 Å². The number of amidine groups is 1. The molecule has 1 amide bonds. The third-order valence-corrected chi connectivity index (χ3v) is 4.35. The van der Waals surface area contributed by atoms with Crippen molar-refractivity contribution in [1.82, 2.24) is 5.32 Å². The van der Waals surface area contributed by atoms with Gasteiger partial charge in [0, 0.05) is 0 Å². The number of carbonyl (C=O) groups excluding carboxylic acids is 1. The lowest BCUT2D eigenvalue weighted by atomic mass is 10.2. The van der Waals surface area contributed by atoms with Crippen LogP contribution in [0.3, 0.4) is 0 Å². The number of rotatable bonds is 3. The maximum atomic E-state index is 12.1. The van der Waals surface area contributed by atoms with Crippen molar-refractivity contribution in [2.24, 2.45) is 4.99 Å². The van der Waals surface area contributed by atoms with Gasteiger partial charge in [-0.3, -0.25) is 4.79 Å². The Morgan fingerprint density at radius 3 is 2.83 bits per heavy atom. The van der Waals surface area contributed by atoms with Gasteiger partial charge in [0.2, 0.25) is 0 Å². The molecule has 1 aliphatic heterocycles. The highest BCUT2D eigenvalue weighted by Crippen LogP contribution is 2.31. The fourth-order valence-electron chi connectivity index (χ4n) is 2.01. The average Bonchev–Trinajstić information content (AvgIpc) is 2.89. The minimum absolute atomic E-state index is 0.177. The van der Waals surface area contributed by atoms with E-state index in [4.69, 9.17) is 16.3 Å². The number of para-hydroxylation sites is 1. The minimum Gasteiger partial charge on any atom is -0.497 e. The minimum atomic E-state index is -0.177. The van der Waals surface area contributed by atoms with Gasteiger partial charge in [0.05, 0.1) is 22.7 Å². The number of nitrogens with one attached hydrogen (secondary N) is 1. The molecule has 0 bridgehead atoms. The van der Waals surface area contributed by atoms with E-state index >= 15 is 0 Å². The van der Waals surface area contributed by atoms with Crippen molar-refractivity contribution in [3.8, 4) is 5.75 Å². The fourth-order valence-corrected chi connectivity index (χ4v) is 3.03. The van der Waals surface area contributed by atoms with E-state index in [1.54, 1.807) is 25.3 Å². The topological polar surface area (TPSA) is 50.7 Å². The van der Waals surface area contributed by atoms with Gasteiger partial charge in [0.15, 0.2) is 5.17 Å². The number of ether oxygens (including phenoxy) is 1. The van der Waals surface area contributed by atoms with Gasteiger partial charge in [-0.1, -0.05) is 35.9 Å². The molecule has 23 heavy (non-hydrogen) atoms. The van der Waals surface area contributed by atoms with Crippen LogP contribution in [-0.4, -0.2) is 18.2 Å². The third-order valence-electron chi connectivity index (χ3n) is 3.12. The number of carbonyl (C=O) groups is 1. The Bertz CT molecular complexity index is 818. The van der Waals surface area contributed by atoms with Crippen LogP contribution in [0.5, 0.6) is 5.75 Å². The molecule has 0 aromatic heterocycles. The predicted molar refractivity (Wildman–Crippen MR) is 95.3 cm³/mol. The molecule has 1 fully saturated rings. The molecule has 2 aromatic carbocycles. The molecule has 1 aliphatic rings. The molecule has 0 unspecified atom stereocenters. The fraction of sp³-hybridized carbons (Fsp3) is 0.0588. The molecule has 0 atom stereocenters.